The van der Waals surface area contributed by atoms with E-state index < -0.39 is 5.97 Å². The van der Waals surface area contributed by atoms with Crippen LogP contribution in [-0.2, 0) is 16.1 Å². The highest BCUT2D eigenvalue weighted by Crippen LogP contribution is 2.26. The van der Waals surface area contributed by atoms with Crippen LogP contribution in [-0.4, -0.2) is 22.7 Å². The molecule has 0 saturated carbocycles. The molecule has 0 spiro atoms. The van der Waals surface area contributed by atoms with Crippen molar-refractivity contribution >= 4 is 12.0 Å². The highest BCUT2D eigenvalue weighted by Gasteiger charge is 2.19. The summed E-state index contributed by atoms with van der Waals surface area (Å²) in [5.41, 5.74) is 2.13. The van der Waals surface area contributed by atoms with E-state index in [9.17, 15) is 4.79 Å². The van der Waals surface area contributed by atoms with Crippen molar-refractivity contribution < 1.29 is 18.8 Å². The van der Waals surface area contributed by atoms with Gasteiger partial charge >= 0.3 is 5.97 Å². The number of fused-ring (bicyclic) bond motifs is 1. The van der Waals surface area contributed by atoms with Crippen molar-refractivity contribution in [2.24, 2.45) is 0 Å². The first-order chi connectivity index (χ1) is 12.3. The molecule has 1 aliphatic heterocycles. The van der Waals surface area contributed by atoms with Crippen LogP contribution in [0.1, 0.15) is 11.5 Å². The molecule has 0 unspecified atom stereocenters. The molecule has 0 radical (unpaired) electrons. The van der Waals surface area contributed by atoms with Crippen molar-refractivity contribution in [3.63, 3.8) is 0 Å². The lowest BCUT2D eigenvalue weighted by Crippen LogP contribution is -2.17. The number of benzene rings is 2. The Morgan fingerprint density at radius 2 is 1.88 bits per heavy atom. The summed E-state index contributed by atoms with van der Waals surface area (Å²) in [7, 11) is 0. The number of carbonyl (C=O) groups excluding carboxylic acids is 1. The monoisotopic (exact) mass is 334 g/mol. The minimum Gasteiger partial charge on any atom is -0.488 e. The number of hydrogen-bond donors (Lipinski definition) is 0. The minimum atomic E-state index is -0.464. The summed E-state index contributed by atoms with van der Waals surface area (Å²) in [4.78, 5) is 16.4. The van der Waals surface area contributed by atoms with Gasteiger partial charge in [0.2, 0.25) is 5.82 Å². The number of ether oxygens (including phenoxy) is 2. The van der Waals surface area contributed by atoms with Crippen LogP contribution in [0.2, 0.25) is 0 Å². The van der Waals surface area contributed by atoms with Crippen molar-refractivity contribution in [1.29, 1.82) is 0 Å². The molecule has 0 atom stereocenters. The third-order valence-corrected chi connectivity index (χ3v) is 3.72. The minimum absolute atomic E-state index is 0.0857. The Morgan fingerprint density at radius 3 is 2.76 bits per heavy atom. The maximum atomic E-state index is 12.2. The second kappa shape index (κ2) is 6.60. The number of nitrogens with zero attached hydrogens (tertiary/aromatic N) is 2. The molecule has 3 aromatic rings. The summed E-state index contributed by atoms with van der Waals surface area (Å²) < 4.78 is 15.9. The summed E-state index contributed by atoms with van der Waals surface area (Å²) in [6.07, 6.45) is 1.77. The molecule has 6 heteroatoms. The second-order valence-electron chi connectivity index (χ2n) is 5.45. The highest BCUT2D eigenvalue weighted by atomic mass is 16.6. The third kappa shape index (κ3) is 3.28. The Hall–Kier alpha value is -3.41. The van der Waals surface area contributed by atoms with Gasteiger partial charge in [-0.05, 0) is 12.1 Å². The predicted octanol–water partition coefficient (Wildman–Crippen LogP) is 3.26. The van der Waals surface area contributed by atoms with Gasteiger partial charge in [0.1, 0.15) is 12.4 Å². The zero-order valence-electron chi connectivity index (χ0n) is 13.2. The van der Waals surface area contributed by atoms with Crippen molar-refractivity contribution in [3.05, 3.63) is 71.6 Å². The molecule has 0 saturated heterocycles. The maximum absolute atomic E-state index is 12.2. The van der Waals surface area contributed by atoms with E-state index in [4.69, 9.17) is 14.0 Å². The molecule has 25 heavy (non-hydrogen) atoms. The largest absolute Gasteiger partial charge is 0.488 e. The molecule has 6 nitrogen and oxygen atoms in total. The fourth-order valence-electron chi connectivity index (χ4n) is 2.47. The molecule has 0 amide bonds. The maximum Gasteiger partial charge on any atom is 0.338 e. The normalized spacial score (nSPS) is 12.7. The van der Waals surface area contributed by atoms with Crippen molar-refractivity contribution in [3.8, 4) is 17.1 Å². The van der Waals surface area contributed by atoms with Crippen LogP contribution in [0, 0.1) is 0 Å². The zero-order valence-corrected chi connectivity index (χ0v) is 13.2. The van der Waals surface area contributed by atoms with Crippen LogP contribution in [0.4, 0.5) is 0 Å². The molecule has 1 aliphatic rings. The van der Waals surface area contributed by atoms with Crippen LogP contribution in [0.15, 0.2) is 64.7 Å². The van der Waals surface area contributed by atoms with E-state index in [1.807, 2.05) is 54.6 Å². The van der Waals surface area contributed by atoms with Crippen LogP contribution < -0.4 is 4.74 Å². The Morgan fingerprint density at radius 1 is 1.08 bits per heavy atom. The molecule has 0 bridgehead atoms. The van der Waals surface area contributed by atoms with Crippen molar-refractivity contribution in [2.75, 3.05) is 6.61 Å². The van der Waals surface area contributed by atoms with E-state index in [2.05, 4.69) is 10.1 Å². The molecule has 0 N–H and O–H groups in total. The van der Waals surface area contributed by atoms with Crippen LogP contribution >= 0.6 is 0 Å². The van der Waals surface area contributed by atoms with Gasteiger partial charge in [-0.2, -0.15) is 4.98 Å². The first-order valence-electron chi connectivity index (χ1n) is 7.77. The highest BCUT2D eigenvalue weighted by molar-refractivity contribution is 5.95. The lowest BCUT2D eigenvalue weighted by Gasteiger charge is -2.16. The molecule has 0 fully saturated rings. The van der Waals surface area contributed by atoms with E-state index in [0.717, 1.165) is 16.9 Å². The fourth-order valence-corrected chi connectivity index (χ4v) is 2.47. The van der Waals surface area contributed by atoms with Gasteiger partial charge in [-0.1, -0.05) is 53.7 Å². The van der Waals surface area contributed by atoms with E-state index in [0.29, 0.717) is 11.4 Å². The zero-order chi connectivity index (χ0) is 17.1. The SMILES string of the molecule is O=C(OCc1nc(-c2ccccc2)no1)C1=Cc2ccccc2OC1. The summed E-state index contributed by atoms with van der Waals surface area (Å²) in [5.74, 6) is 0.989. The summed E-state index contributed by atoms with van der Waals surface area (Å²) in [6.45, 7) is 0.0899. The van der Waals surface area contributed by atoms with Gasteiger partial charge in [-0.3, -0.25) is 0 Å². The predicted molar refractivity (Wildman–Crippen MR) is 89.4 cm³/mol. The summed E-state index contributed by atoms with van der Waals surface area (Å²) in [6, 6.07) is 16.9. The molecular formula is C19H14N2O4. The van der Waals surface area contributed by atoms with Gasteiger partial charge in [0.25, 0.3) is 5.89 Å². The molecular weight excluding hydrogens is 320 g/mol. The Bertz CT molecular complexity index is 931. The number of carbonyl (C=O) groups is 1. The number of rotatable bonds is 4. The quantitative estimate of drug-likeness (QED) is 0.682. The standard InChI is InChI=1S/C19H14N2O4/c22-19(15-10-14-8-4-5-9-16(14)23-11-15)24-12-17-20-18(21-25-17)13-6-2-1-3-7-13/h1-10H,11-12H2. The molecule has 124 valence electrons. The Kier molecular flexibility index (Phi) is 4.00. The van der Waals surface area contributed by atoms with E-state index in [1.165, 1.54) is 0 Å². The number of esters is 1. The number of hydrogen-bond acceptors (Lipinski definition) is 6. The average Bonchev–Trinajstić information content (AvgIpc) is 3.15. The average molecular weight is 334 g/mol. The van der Waals surface area contributed by atoms with Crippen LogP contribution in [0.25, 0.3) is 17.5 Å². The Labute approximate surface area is 143 Å². The van der Waals surface area contributed by atoms with Gasteiger partial charge in [0.15, 0.2) is 6.61 Å². The van der Waals surface area contributed by atoms with E-state index >= 15 is 0 Å². The van der Waals surface area contributed by atoms with Crippen molar-refractivity contribution in [1.82, 2.24) is 10.1 Å². The summed E-state index contributed by atoms with van der Waals surface area (Å²) in [5, 5.41) is 3.89. The molecule has 1 aromatic heterocycles. The van der Waals surface area contributed by atoms with Gasteiger partial charge in [0.05, 0.1) is 5.57 Å². The van der Waals surface area contributed by atoms with Crippen LogP contribution in [0.3, 0.4) is 0 Å². The summed E-state index contributed by atoms with van der Waals surface area (Å²) >= 11 is 0. The first-order valence-corrected chi connectivity index (χ1v) is 7.77. The van der Waals surface area contributed by atoms with Gasteiger partial charge in [-0.25, -0.2) is 4.79 Å². The molecule has 4 rings (SSSR count). The fraction of sp³-hybridized carbons (Fsp3) is 0.105. The Balaban J connectivity index is 1.42. The second-order valence-corrected chi connectivity index (χ2v) is 5.45. The van der Waals surface area contributed by atoms with E-state index in [1.54, 1.807) is 6.08 Å². The van der Waals surface area contributed by atoms with Gasteiger partial charge in [-0.15, -0.1) is 0 Å². The van der Waals surface area contributed by atoms with Crippen molar-refractivity contribution in [2.45, 2.75) is 6.61 Å². The van der Waals surface area contributed by atoms with E-state index in [-0.39, 0.29) is 19.1 Å². The molecule has 2 aromatic carbocycles. The van der Waals surface area contributed by atoms with Gasteiger partial charge in [0, 0.05) is 11.1 Å². The third-order valence-electron chi connectivity index (χ3n) is 3.72. The first kappa shape index (κ1) is 15.1. The number of para-hydroxylation sites is 1. The molecule has 0 aliphatic carbocycles. The lowest BCUT2D eigenvalue weighted by molar-refractivity contribution is -0.141. The topological polar surface area (TPSA) is 74.5 Å². The lowest BCUT2D eigenvalue weighted by atomic mass is 10.1. The van der Waals surface area contributed by atoms with Crippen LogP contribution in [0.5, 0.6) is 5.75 Å². The number of aromatic nitrogens is 2. The smallest absolute Gasteiger partial charge is 0.338 e. The molecule has 2 heterocycles. The van der Waals surface area contributed by atoms with Gasteiger partial charge < -0.3 is 14.0 Å².